The van der Waals surface area contributed by atoms with Gasteiger partial charge in [-0.05, 0) is 25.5 Å². The summed E-state index contributed by atoms with van der Waals surface area (Å²) in [6.45, 7) is 4.18. The molecule has 7 heteroatoms. The molecular formula is C17H23N3O3S. The Bertz CT molecular complexity index is 652. The third kappa shape index (κ3) is 5.81. The van der Waals surface area contributed by atoms with Crippen molar-refractivity contribution in [1.82, 2.24) is 10.3 Å². The molecule has 2 heterocycles. The number of anilines is 1. The molecule has 0 fully saturated rings. The minimum Gasteiger partial charge on any atom is -0.459 e. The Labute approximate surface area is 145 Å². The van der Waals surface area contributed by atoms with Crippen LogP contribution in [-0.4, -0.2) is 22.8 Å². The lowest BCUT2D eigenvalue weighted by molar-refractivity contribution is -0.121. The second kappa shape index (κ2) is 9.22. The number of nitrogens with zero attached hydrogens (tertiary/aromatic N) is 1. The molecule has 2 aromatic rings. The molecular weight excluding hydrogens is 326 g/mol. The van der Waals surface area contributed by atoms with E-state index >= 15 is 0 Å². The fraction of sp³-hybridized carbons (Fsp3) is 0.471. The molecule has 0 saturated carbocycles. The van der Waals surface area contributed by atoms with Gasteiger partial charge in [0.25, 0.3) is 5.91 Å². The van der Waals surface area contributed by atoms with Crippen molar-refractivity contribution in [3.05, 3.63) is 35.2 Å². The zero-order valence-corrected chi connectivity index (χ0v) is 14.8. The van der Waals surface area contributed by atoms with Crippen molar-refractivity contribution >= 4 is 28.3 Å². The number of aromatic nitrogens is 1. The van der Waals surface area contributed by atoms with Gasteiger partial charge in [0.15, 0.2) is 10.9 Å². The molecule has 0 aromatic carbocycles. The van der Waals surface area contributed by atoms with Crippen LogP contribution in [-0.2, 0) is 11.2 Å². The number of unbranched alkanes of at least 4 members (excludes halogenated alkanes) is 2. The summed E-state index contributed by atoms with van der Waals surface area (Å²) in [6, 6.07) is 3.40. The van der Waals surface area contributed by atoms with Crippen molar-refractivity contribution in [2.75, 3.05) is 5.32 Å². The van der Waals surface area contributed by atoms with E-state index in [1.807, 2.05) is 6.92 Å². The lowest BCUT2D eigenvalue weighted by atomic mass is 10.1. The molecule has 2 amide bonds. The maximum absolute atomic E-state index is 12.0. The van der Waals surface area contributed by atoms with Gasteiger partial charge in [0.05, 0.1) is 18.4 Å². The van der Waals surface area contributed by atoms with Gasteiger partial charge in [-0.1, -0.05) is 26.2 Å². The minimum absolute atomic E-state index is 0.0480. The Balaban J connectivity index is 1.78. The lowest BCUT2D eigenvalue weighted by Gasteiger charge is -2.12. The van der Waals surface area contributed by atoms with Crippen LogP contribution in [0.15, 0.2) is 28.2 Å². The summed E-state index contributed by atoms with van der Waals surface area (Å²) in [6.07, 6.45) is 6.12. The van der Waals surface area contributed by atoms with Crippen LogP contribution in [0.5, 0.6) is 0 Å². The second-order valence-electron chi connectivity index (χ2n) is 5.72. The Kier molecular flexibility index (Phi) is 6.99. The zero-order valence-electron chi connectivity index (χ0n) is 14.0. The number of carbonyl (C=O) groups is 2. The monoisotopic (exact) mass is 349 g/mol. The molecule has 6 nitrogen and oxygen atoms in total. The van der Waals surface area contributed by atoms with Crippen molar-refractivity contribution in [2.24, 2.45) is 0 Å². The fourth-order valence-corrected chi connectivity index (χ4v) is 2.98. The smallest absolute Gasteiger partial charge is 0.293 e. The molecule has 130 valence electrons. The number of nitrogens with one attached hydrogen (secondary N) is 2. The Morgan fingerprint density at radius 1 is 1.38 bits per heavy atom. The first-order valence-corrected chi connectivity index (χ1v) is 9.05. The highest BCUT2D eigenvalue weighted by molar-refractivity contribution is 7.14. The Hall–Kier alpha value is -2.15. The predicted octanol–water partition coefficient (Wildman–Crippen LogP) is 3.62. The van der Waals surface area contributed by atoms with Crippen LogP contribution in [0.25, 0.3) is 0 Å². The van der Waals surface area contributed by atoms with Crippen LogP contribution in [0.1, 0.15) is 55.8 Å². The number of rotatable bonds is 9. The maximum Gasteiger partial charge on any atom is 0.293 e. The topological polar surface area (TPSA) is 84.2 Å². The number of hydrogen-bond acceptors (Lipinski definition) is 5. The quantitative estimate of drug-likeness (QED) is 0.677. The van der Waals surface area contributed by atoms with E-state index in [9.17, 15) is 9.59 Å². The van der Waals surface area contributed by atoms with Crippen LogP contribution in [0.3, 0.4) is 0 Å². The highest BCUT2D eigenvalue weighted by Crippen LogP contribution is 2.17. The molecule has 0 spiro atoms. The SMILES string of the molecule is CCCCCC(C)NC(=O)Cc1csc(NC(=O)c2ccco2)n1. The first-order valence-electron chi connectivity index (χ1n) is 8.17. The molecule has 1 unspecified atom stereocenters. The van der Waals surface area contributed by atoms with Crippen molar-refractivity contribution in [3.8, 4) is 0 Å². The van der Waals surface area contributed by atoms with E-state index in [1.54, 1.807) is 17.5 Å². The van der Waals surface area contributed by atoms with Gasteiger partial charge in [0.1, 0.15) is 0 Å². The maximum atomic E-state index is 12.0. The Morgan fingerprint density at radius 3 is 2.92 bits per heavy atom. The van der Waals surface area contributed by atoms with E-state index in [2.05, 4.69) is 22.5 Å². The van der Waals surface area contributed by atoms with Crippen LogP contribution in [0.4, 0.5) is 5.13 Å². The van der Waals surface area contributed by atoms with Crippen molar-refractivity contribution in [1.29, 1.82) is 0 Å². The van der Waals surface area contributed by atoms with Gasteiger partial charge >= 0.3 is 0 Å². The third-order valence-corrected chi connectivity index (χ3v) is 4.31. The molecule has 2 N–H and O–H groups in total. The van der Waals surface area contributed by atoms with Gasteiger partial charge in [0, 0.05) is 11.4 Å². The number of furan rings is 1. The molecule has 24 heavy (non-hydrogen) atoms. The average molecular weight is 349 g/mol. The third-order valence-electron chi connectivity index (χ3n) is 3.51. The highest BCUT2D eigenvalue weighted by atomic mass is 32.1. The second-order valence-corrected chi connectivity index (χ2v) is 6.57. The molecule has 0 aliphatic rings. The highest BCUT2D eigenvalue weighted by Gasteiger charge is 2.13. The van der Waals surface area contributed by atoms with Crippen LogP contribution in [0.2, 0.25) is 0 Å². The van der Waals surface area contributed by atoms with E-state index in [-0.39, 0.29) is 30.0 Å². The van der Waals surface area contributed by atoms with Crippen LogP contribution < -0.4 is 10.6 Å². The molecule has 0 aliphatic carbocycles. The van der Waals surface area contributed by atoms with Crippen molar-refractivity contribution in [2.45, 2.75) is 52.0 Å². The summed E-state index contributed by atoms with van der Waals surface area (Å²) >= 11 is 1.29. The molecule has 0 radical (unpaired) electrons. The van der Waals surface area contributed by atoms with Gasteiger partial charge < -0.3 is 9.73 Å². The van der Waals surface area contributed by atoms with E-state index in [1.165, 1.54) is 30.4 Å². The van der Waals surface area contributed by atoms with Gasteiger partial charge in [-0.25, -0.2) is 4.98 Å². The molecule has 2 rings (SSSR count). The number of hydrogen-bond donors (Lipinski definition) is 2. The minimum atomic E-state index is -0.352. The van der Waals surface area contributed by atoms with E-state index < -0.39 is 0 Å². The van der Waals surface area contributed by atoms with Crippen molar-refractivity contribution < 1.29 is 14.0 Å². The van der Waals surface area contributed by atoms with Crippen LogP contribution in [0, 0.1) is 0 Å². The molecule has 1 atom stereocenters. The summed E-state index contributed by atoms with van der Waals surface area (Å²) in [7, 11) is 0. The molecule has 2 aromatic heterocycles. The molecule has 0 aliphatic heterocycles. The van der Waals surface area contributed by atoms with Gasteiger partial charge in [-0.2, -0.15) is 0 Å². The molecule has 0 bridgehead atoms. The lowest BCUT2D eigenvalue weighted by Crippen LogP contribution is -2.33. The van der Waals surface area contributed by atoms with E-state index in [4.69, 9.17) is 4.42 Å². The normalized spacial score (nSPS) is 11.9. The van der Waals surface area contributed by atoms with E-state index in [0.29, 0.717) is 10.8 Å². The summed E-state index contributed by atoms with van der Waals surface area (Å²) in [4.78, 5) is 28.2. The summed E-state index contributed by atoms with van der Waals surface area (Å²) in [5.41, 5.74) is 0.646. The standard InChI is InChI=1S/C17H23N3O3S/c1-3-4-5-7-12(2)18-15(21)10-13-11-24-17(19-13)20-16(22)14-8-6-9-23-14/h6,8-9,11-12H,3-5,7,10H2,1-2H3,(H,18,21)(H,19,20,22). The summed E-state index contributed by atoms with van der Waals surface area (Å²) < 4.78 is 5.02. The average Bonchev–Trinajstić information content (AvgIpc) is 3.19. The number of thiazole rings is 1. The first kappa shape index (κ1) is 18.2. The number of carbonyl (C=O) groups excluding carboxylic acids is 2. The fourth-order valence-electron chi connectivity index (χ4n) is 2.28. The van der Waals surface area contributed by atoms with Crippen LogP contribution >= 0.6 is 11.3 Å². The molecule has 0 saturated heterocycles. The van der Waals surface area contributed by atoms with Crippen molar-refractivity contribution in [3.63, 3.8) is 0 Å². The first-order chi connectivity index (χ1) is 11.6. The zero-order chi connectivity index (χ0) is 17.4. The van der Waals surface area contributed by atoms with Gasteiger partial charge in [0.2, 0.25) is 5.91 Å². The van der Waals surface area contributed by atoms with E-state index in [0.717, 1.165) is 12.8 Å². The Morgan fingerprint density at radius 2 is 2.21 bits per heavy atom. The van der Waals surface area contributed by atoms with Gasteiger partial charge in [-0.15, -0.1) is 11.3 Å². The largest absolute Gasteiger partial charge is 0.459 e. The van der Waals surface area contributed by atoms with Gasteiger partial charge in [-0.3, -0.25) is 14.9 Å². The predicted molar refractivity (Wildman–Crippen MR) is 94.2 cm³/mol. The summed E-state index contributed by atoms with van der Waals surface area (Å²) in [5, 5.41) is 7.87. The summed E-state index contributed by atoms with van der Waals surface area (Å²) in [5.74, 6) is -0.173. The number of amides is 2.